The molecule has 9 heteroatoms. The van der Waals surface area contributed by atoms with Gasteiger partial charge in [-0.05, 0) is 49.0 Å². The molecule has 0 aliphatic carbocycles. The molecule has 0 unspecified atom stereocenters. The monoisotopic (exact) mass is 449 g/mol. The third-order valence-corrected chi connectivity index (χ3v) is 5.33. The number of likely N-dealkylation sites (N-methyl/N-ethyl adjacent to an activating group) is 1. The number of ether oxygens (including phenoxy) is 1. The second-order valence-corrected chi connectivity index (χ2v) is 7.84. The molecule has 1 fully saturated rings. The van der Waals surface area contributed by atoms with Crippen LogP contribution in [-0.4, -0.2) is 61.5 Å². The zero-order valence-electron chi connectivity index (χ0n) is 18.5. The van der Waals surface area contributed by atoms with Gasteiger partial charge in [-0.25, -0.2) is 4.98 Å². The van der Waals surface area contributed by atoms with Crippen molar-refractivity contribution in [3.05, 3.63) is 72.3 Å². The average molecular weight is 450 g/mol. The number of rotatable bonds is 8. The smallest absolute Gasteiger partial charge is 0.291 e. The number of anilines is 2. The lowest BCUT2D eigenvalue weighted by molar-refractivity contribution is -0.123. The number of nitrogens with one attached hydrogen (secondary N) is 2. The highest BCUT2D eigenvalue weighted by Crippen LogP contribution is 2.18. The van der Waals surface area contributed by atoms with Gasteiger partial charge in [0.2, 0.25) is 0 Å². The van der Waals surface area contributed by atoms with E-state index in [4.69, 9.17) is 9.15 Å². The van der Waals surface area contributed by atoms with Gasteiger partial charge in [-0.1, -0.05) is 6.07 Å². The second kappa shape index (κ2) is 10.6. The Labute approximate surface area is 192 Å². The Morgan fingerprint density at radius 3 is 2.73 bits per heavy atom. The largest absolute Gasteiger partial charge is 0.484 e. The lowest BCUT2D eigenvalue weighted by Crippen LogP contribution is -2.44. The first-order valence-electron chi connectivity index (χ1n) is 10.8. The summed E-state index contributed by atoms with van der Waals surface area (Å²) >= 11 is 0. The summed E-state index contributed by atoms with van der Waals surface area (Å²) in [7, 11) is 2.12. The normalized spacial score (nSPS) is 14.0. The lowest BCUT2D eigenvalue weighted by Gasteiger charge is -2.33. The van der Waals surface area contributed by atoms with Crippen LogP contribution >= 0.6 is 0 Å². The van der Waals surface area contributed by atoms with E-state index < -0.39 is 0 Å². The van der Waals surface area contributed by atoms with Crippen LogP contribution < -0.4 is 20.3 Å². The highest BCUT2D eigenvalue weighted by Gasteiger charge is 2.15. The van der Waals surface area contributed by atoms with Crippen molar-refractivity contribution in [2.75, 3.05) is 50.1 Å². The zero-order valence-corrected chi connectivity index (χ0v) is 18.5. The lowest BCUT2D eigenvalue weighted by atomic mass is 10.2. The summed E-state index contributed by atoms with van der Waals surface area (Å²) in [5, 5.41) is 5.60. The van der Waals surface area contributed by atoms with Gasteiger partial charge >= 0.3 is 0 Å². The number of carbonyl (C=O) groups excluding carboxylic acids is 2. The molecule has 0 saturated carbocycles. The SMILES string of the molecule is CN1CCN(c2cc(CNC(=O)COc3cccc(NC(=O)c4ccco4)c3)ccn2)CC1. The molecule has 172 valence electrons. The quantitative estimate of drug-likeness (QED) is 0.545. The van der Waals surface area contributed by atoms with Crippen molar-refractivity contribution in [3.8, 4) is 5.75 Å². The van der Waals surface area contributed by atoms with Crippen molar-refractivity contribution < 1.29 is 18.7 Å². The van der Waals surface area contributed by atoms with E-state index in [0.717, 1.165) is 37.6 Å². The molecule has 1 saturated heterocycles. The molecule has 33 heavy (non-hydrogen) atoms. The molecule has 2 aromatic heterocycles. The van der Waals surface area contributed by atoms with Crippen LogP contribution in [-0.2, 0) is 11.3 Å². The summed E-state index contributed by atoms with van der Waals surface area (Å²) in [5.74, 6) is 1.02. The van der Waals surface area contributed by atoms with Gasteiger partial charge in [0.1, 0.15) is 11.6 Å². The van der Waals surface area contributed by atoms with Crippen molar-refractivity contribution in [3.63, 3.8) is 0 Å². The van der Waals surface area contributed by atoms with Gasteiger partial charge in [-0.15, -0.1) is 0 Å². The molecular weight excluding hydrogens is 422 g/mol. The second-order valence-electron chi connectivity index (χ2n) is 7.84. The van der Waals surface area contributed by atoms with Crippen LogP contribution in [0.1, 0.15) is 16.1 Å². The summed E-state index contributed by atoms with van der Waals surface area (Å²) in [6.07, 6.45) is 3.21. The van der Waals surface area contributed by atoms with Gasteiger partial charge < -0.3 is 29.6 Å². The minimum Gasteiger partial charge on any atom is -0.484 e. The van der Waals surface area contributed by atoms with Crippen LogP contribution in [0.25, 0.3) is 0 Å². The van der Waals surface area contributed by atoms with E-state index in [1.165, 1.54) is 6.26 Å². The highest BCUT2D eigenvalue weighted by atomic mass is 16.5. The Kier molecular flexibility index (Phi) is 7.21. The highest BCUT2D eigenvalue weighted by molar-refractivity contribution is 6.02. The third kappa shape index (κ3) is 6.33. The van der Waals surface area contributed by atoms with Crippen LogP contribution in [0.3, 0.4) is 0 Å². The minimum atomic E-state index is -0.358. The molecule has 2 amide bonds. The maximum Gasteiger partial charge on any atom is 0.291 e. The summed E-state index contributed by atoms with van der Waals surface area (Å²) in [4.78, 5) is 33.4. The molecule has 3 heterocycles. The summed E-state index contributed by atoms with van der Waals surface area (Å²) < 4.78 is 10.7. The fourth-order valence-electron chi connectivity index (χ4n) is 3.44. The number of pyridine rings is 1. The topological polar surface area (TPSA) is 99.9 Å². The molecule has 0 radical (unpaired) electrons. The van der Waals surface area contributed by atoms with Crippen molar-refractivity contribution in [2.24, 2.45) is 0 Å². The van der Waals surface area contributed by atoms with Gasteiger partial charge in [0.05, 0.1) is 6.26 Å². The number of aromatic nitrogens is 1. The molecule has 0 atom stereocenters. The molecular formula is C24H27N5O4. The van der Waals surface area contributed by atoms with Crippen molar-refractivity contribution in [1.29, 1.82) is 0 Å². The molecule has 2 N–H and O–H groups in total. The standard InChI is InChI=1S/C24H27N5O4/c1-28-9-11-29(12-10-28)22-14-18(7-8-25-22)16-26-23(30)17-33-20-5-2-4-19(15-20)27-24(31)21-6-3-13-32-21/h2-8,13-15H,9-12,16-17H2,1H3,(H,26,30)(H,27,31). The van der Waals surface area contributed by atoms with Crippen LogP contribution in [0, 0.1) is 0 Å². The third-order valence-electron chi connectivity index (χ3n) is 5.33. The summed E-state index contributed by atoms with van der Waals surface area (Å²) in [6, 6.07) is 14.0. The van der Waals surface area contributed by atoms with Crippen LogP contribution in [0.2, 0.25) is 0 Å². The Bertz CT molecular complexity index is 1080. The number of hydrogen-bond acceptors (Lipinski definition) is 7. The number of amides is 2. The Morgan fingerprint density at radius 1 is 1.09 bits per heavy atom. The van der Waals surface area contributed by atoms with Gasteiger partial charge in [0.15, 0.2) is 12.4 Å². The molecule has 0 bridgehead atoms. The minimum absolute atomic E-state index is 0.133. The number of carbonyl (C=O) groups is 2. The van der Waals surface area contributed by atoms with E-state index in [2.05, 4.69) is 32.5 Å². The molecule has 4 rings (SSSR count). The molecule has 1 aromatic carbocycles. The summed E-state index contributed by atoms with van der Waals surface area (Å²) in [5.41, 5.74) is 1.53. The van der Waals surface area contributed by atoms with Crippen molar-refractivity contribution >= 4 is 23.3 Å². The van der Waals surface area contributed by atoms with E-state index in [1.807, 2.05) is 12.1 Å². The summed E-state index contributed by atoms with van der Waals surface area (Å²) in [6.45, 7) is 4.15. The predicted molar refractivity (Wildman–Crippen MR) is 124 cm³/mol. The van der Waals surface area contributed by atoms with Crippen molar-refractivity contribution in [2.45, 2.75) is 6.54 Å². The van der Waals surface area contributed by atoms with E-state index >= 15 is 0 Å². The average Bonchev–Trinajstić information content (AvgIpc) is 3.38. The van der Waals surface area contributed by atoms with E-state index in [-0.39, 0.29) is 24.2 Å². The Hall–Kier alpha value is -3.85. The maximum atomic E-state index is 12.3. The first-order valence-corrected chi connectivity index (χ1v) is 10.8. The zero-order chi connectivity index (χ0) is 23.0. The van der Waals surface area contributed by atoms with Gasteiger partial charge in [0.25, 0.3) is 11.8 Å². The molecule has 3 aromatic rings. The fourth-order valence-corrected chi connectivity index (χ4v) is 3.44. The number of piperazine rings is 1. The van der Waals surface area contributed by atoms with E-state index in [1.54, 1.807) is 42.6 Å². The molecule has 9 nitrogen and oxygen atoms in total. The molecule has 1 aliphatic heterocycles. The number of nitrogens with zero attached hydrogens (tertiary/aromatic N) is 3. The first-order chi connectivity index (χ1) is 16.1. The van der Waals surface area contributed by atoms with E-state index in [0.29, 0.717) is 18.0 Å². The number of hydrogen-bond donors (Lipinski definition) is 2. The molecule has 0 spiro atoms. The number of furan rings is 1. The van der Waals surface area contributed by atoms with Crippen LogP contribution in [0.5, 0.6) is 5.75 Å². The number of benzene rings is 1. The van der Waals surface area contributed by atoms with E-state index in [9.17, 15) is 9.59 Å². The molecule has 1 aliphatic rings. The Balaban J connectivity index is 1.24. The predicted octanol–water partition coefficient (Wildman–Crippen LogP) is 2.37. The van der Waals surface area contributed by atoms with Gasteiger partial charge in [-0.2, -0.15) is 0 Å². The van der Waals surface area contributed by atoms with Gasteiger partial charge in [0, 0.05) is 50.7 Å². The van der Waals surface area contributed by atoms with Crippen molar-refractivity contribution in [1.82, 2.24) is 15.2 Å². The first kappa shape index (κ1) is 22.3. The van der Waals surface area contributed by atoms with Crippen LogP contribution in [0.15, 0.2) is 65.4 Å². The van der Waals surface area contributed by atoms with Gasteiger partial charge in [-0.3, -0.25) is 9.59 Å². The Morgan fingerprint density at radius 2 is 1.94 bits per heavy atom. The fraction of sp³-hybridized carbons (Fsp3) is 0.292. The maximum absolute atomic E-state index is 12.3. The van der Waals surface area contributed by atoms with Crippen LogP contribution in [0.4, 0.5) is 11.5 Å².